The van der Waals surface area contributed by atoms with Crippen molar-refractivity contribution >= 4 is 27.8 Å². The van der Waals surface area contributed by atoms with Crippen molar-refractivity contribution in [3.63, 3.8) is 0 Å². The number of carbonyl (C=O) groups excluding carboxylic acids is 1. The molecule has 2 heterocycles. The predicted octanol–water partition coefficient (Wildman–Crippen LogP) is 1.42. The van der Waals surface area contributed by atoms with Gasteiger partial charge in [0, 0.05) is 12.7 Å². The zero-order valence-corrected chi connectivity index (χ0v) is 11.9. The van der Waals surface area contributed by atoms with Crippen LogP contribution < -0.4 is 5.32 Å². The van der Waals surface area contributed by atoms with Gasteiger partial charge in [-0.25, -0.2) is 0 Å². The summed E-state index contributed by atoms with van der Waals surface area (Å²) in [5.74, 6) is 0.650. The van der Waals surface area contributed by atoms with E-state index in [4.69, 9.17) is 0 Å². The number of rotatable bonds is 3. The van der Waals surface area contributed by atoms with Crippen molar-refractivity contribution in [2.45, 2.75) is 20.3 Å². The fourth-order valence-electron chi connectivity index (χ4n) is 1.43. The average Bonchev–Trinajstić information content (AvgIpc) is 2.83. The Kier molecular flexibility index (Phi) is 3.46. The second kappa shape index (κ2) is 4.89. The van der Waals surface area contributed by atoms with Crippen LogP contribution in [0.4, 0.5) is 5.95 Å². The first kappa shape index (κ1) is 12.7. The van der Waals surface area contributed by atoms with Crippen LogP contribution in [0, 0.1) is 6.92 Å². The van der Waals surface area contributed by atoms with Crippen LogP contribution >= 0.6 is 15.9 Å². The largest absolute Gasteiger partial charge is 0.288 e. The highest BCUT2D eigenvalue weighted by molar-refractivity contribution is 9.10. The number of amides is 1. The molecule has 2 rings (SSSR count). The molecule has 2 N–H and O–H groups in total. The number of nitrogens with zero attached hydrogens (tertiary/aromatic N) is 4. The molecule has 2 aromatic rings. The summed E-state index contributed by atoms with van der Waals surface area (Å²) in [7, 11) is 1.76. The van der Waals surface area contributed by atoms with Gasteiger partial charge in [0.1, 0.15) is 5.82 Å². The standard InChI is InChI=1S/C10H13BrN6O/c1-4-6-7(11)8(15-14-6)9(18)13-10-12-5(2)17(3)16-10/h4H2,1-3H3,(H,14,15)(H,13,16,18). The third kappa shape index (κ3) is 2.28. The molecule has 0 radical (unpaired) electrons. The Morgan fingerprint density at radius 3 is 2.78 bits per heavy atom. The summed E-state index contributed by atoms with van der Waals surface area (Å²) in [4.78, 5) is 16.1. The van der Waals surface area contributed by atoms with E-state index in [0.29, 0.717) is 10.2 Å². The highest BCUT2D eigenvalue weighted by atomic mass is 79.9. The quantitative estimate of drug-likeness (QED) is 0.897. The molecule has 7 nitrogen and oxygen atoms in total. The average molecular weight is 313 g/mol. The minimum Gasteiger partial charge on any atom is -0.288 e. The van der Waals surface area contributed by atoms with Crippen LogP contribution in [0.1, 0.15) is 28.9 Å². The van der Waals surface area contributed by atoms with Gasteiger partial charge in [-0.1, -0.05) is 6.92 Å². The van der Waals surface area contributed by atoms with Crippen molar-refractivity contribution in [1.82, 2.24) is 25.0 Å². The van der Waals surface area contributed by atoms with Gasteiger partial charge in [0.05, 0.1) is 4.47 Å². The van der Waals surface area contributed by atoms with Gasteiger partial charge in [0.2, 0.25) is 5.95 Å². The molecule has 0 aromatic carbocycles. The van der Waals surface area contributed by atoms with E-state index in [9.17, 15) is 4.79 Å². The molecular formula is C10H13BrN6O. The molecule has 0 saturated heterocycles. The van der Waals surface area contributed by atoms with Gasteiger partial charge in [-0.2, -0.15) is 10.1 Å². The lowest BCUT2D eigenvalue weighted by Gasteiger charge is -1.97. The van der Waals surface area contributed by atoms with Gasteiger partial charge in [-0.15, -0.1) is 5.10 Å². The Bertz CT molecular complexity index is 568. The third-order valence-electron chi connectivity index (χ3n) is 2.55. The topological polar surface area (TPSA) is 88.5 Å². The summed E-state index contributed by atoms with van der Waals surface area (Å²) in [6, 6.07) is 0. The van der Waals surface area contributed by atoms with Crippen LogP contribution in [0.3, 0.4) is 0 Å². The summed E-state index contributed by atoms with van der Waals surface area (Å²) in [6.07, 6.45) is 0.766. The lowest BCUT2D eigenvalue weighted by atomic mass is 10.3. The number of anilines is 1. The van der Waals surface area contributed by atoms with E-state index in [-0.39, 0.29) is 11.9 Å². The van der Waals surface area contributed by atoms with Gasteiger partial charge < -0.3 is 0 Å². The van der Waals surface area contributed by atoms with Crippen molar-refractivity contribution in [3.8, 4) is 0 Å². The molecule has 1 amide bonds. The van der Waals surface area contributed by atoms with Gasteiger partial charge in [-0.3, -0.25) is 19.9 Å². The number of nitrogens with one attached hydrogen (secondary N) is 2. The molecule has 8 heteroatoms. The molecule has 0 aliphatic carbocycles. The zero-order chi connectivity index (χ0) is 13.3. The van der Waals surface area contributed by atoms with E-state index < -0.39 is 0 Å². The first-order valence-corrected chi connectivity index (χ1v) is 6.24. The number of H-pyrrole nitrogens is 1. The van der Waals surface area contributed by atoms with Crippen LogP contribution in [0.15, 0.2) is 4.47 Å². The maximum atomic E-state index is 12.0. The summed E-state index contributed by atoms with van der Waals surface area (Å²) in [5.41, 5.74) is 1.18. The van der Waals surface area contributed by atoms with Crippen molar-refractivity contribution in [3.05, 3.63) is 21.7 Å². The Morgan fingerprint density at radius 2 is 2.28 bits per heavy atom. The van der Waals surface area contributed by atoms with Crippen LogP contribution in [-0.4, -0.2) is 30.9 Å². The summed E-state index contributed by atoms with van der Waals surface area (Å²) in [5, 5.41) is 13.4. The lowest BCUT2D eigenvalue weighted by molar-refractivity contribution is 0.102. The van der Waals surface area contributed by atoms with Crippen molar-refractivity contribution in [1.29, 1.82) is 0 Å². The summed E-state index contributed by atoms with van der Waals surface area (Å²) >= 11 is 3.34. The van der Waals surface area contributed by atoms with Gasteiger partial charge in [-0.05, 0) is 29.3 Å². The summed E-state index contributed by atoms with van der Waals surface area (Å²) in [6.45, 7) is 3.78. The van der Waals surface area contributed by atoms with E-state index in [1.165, 1.54) is 0 Å². The van der Waals surface area contributed by atoms with Crippen LogP contribution in [0.5, 0.6) is 0 Å². The number of hydrogen-bond donors (Lipinski definition) is 2. The lowest BCUT2D eigenvalue weighted by Crippen LogP contribution is -2.14. The maximum absolute atomic E-state index is 12.0. The number of hydrogen-bond acceptors (Lipinski definition) is 4. The van der Waals surface area contributed by atoms with Gasteiger partial charge in [0.15, 0.2) is 5.69 Å². The second-order valence-electron chi connectivity index (χ2n) is 3.78. The minimum absolute atomic E-state index is 0.271. The van der Waals surface area contributed by atoms with E-state index >= 15 is 0 Å². The monoisotopic (exact) mass is 312 g/mol. The molecule has 0 saturated carbocycles. The first-order chi connectivity index (χ1) is 8.52. The number of carbonyl (C=O) groups is 1. The number of aromatic nitrogens is 5. The highest BCUT2D eigenvalue weighted by Crippen LogP contribution is 2.20. The molecule has 0 fully saturated rings. The smallest absolute Gasteiger partial charge is 0.279 e. The van der Waals surface area contributed by atoms with Crippen molar-refractivity contribution < 1.29 is 4.79 Å². The van der Waals surface area contributed by atoms with Crippen LogP contribution in [0.25, 0.3) is 0 Å². The highest BCUT2D eigenvalue weighted by Gasteiger charge is 2.18. The third-order valence-corrected chi connectivity index (χ3v) is 3.40. The van der Waals surface area contributed by atoms with Crippen LogP contribution in [-0.2, 0) is 13.5 Å². The molecular weight excluding hydrogens is 300 g/mol. The molecule has 0 atom stereocenters. The molecule has 96 valence electrons. The Hall–Kier alpha value is -1.70. The summed E-state index contributed by atoms with van der Waals surface area (Å²) < 4.78 is 2.27. The predicted molar refractivity (Wildman–Crippen MR) is 69.4 cm³/mol. The zero-order valence-electron chi connectivity index (χ0n) is 10.3. The molecule has 0 aliphatic rings. The Labute approximate surface area is 112 Å². The molecule has 0 aliphatic heterocycles. The normalized spacial score (nSPS) is 10.7. The van der Waals surface area contributed by atoms with E-state index in [2.05, 4.69) is 41.5 Å². The SMILES string of the molecule is CCc1[nH]nc(C(=O)Nc2nc(C)n(C)n2)c1Br. The van der Waals surface area contributed by atoms with E-state index in [1.807, 2.05) is 13.8 Å². The maximum Gasteiger partial charge on any atom is 0.279 e. The number of halogens is 1. The number of aryl methyl sites for hydroxylation is 3. The fraction of sp³-hybridized carbons (Fsp3) is 0.400. The Morgan fingerprint density at radius 1 is 1.56 bits per heavy atom. The molecule has 0 unspecified atom stereocenters. The first-order valence-electron chi connectivity index (χ1n) is 5.44. The van der Waals surface area contributed by atoms with Gasteiger partial charge in [0.25, 0.3) is 5.91 Å². The molecule has 0 spiro atoms. The number of aromatic amines is 1. The minimum atomic E-state index is -0.344. The molecule has 2 aromatic heterocycles. The van der Waals surface area contributed by atoms with Gasteiger partial charge >= 0.3 is 0 Å². The van der Waals surface area contributed by atoms with E-state index in [1.54, 1.807) is 11.7 Å². The fourth-order valence-corrected chi connectivity index (χ4v) is 2.06. The van der Waals surface area contributed by atoms with Crippen molar-refractivity contribution in [2.75, 3.05) is 5.32 Å². The van der Waals surface area contributed by atoms with E-state index in [0.717, 1.165) is 17.9 Å². The van der Waals surface area contributed by atoms with Crippen molar-refractivity contribution in [2.24, 2.45) is 7.05 Å². The molecule has 18 heavy (non-hydrogen) atoms. The molecule has 0 bridgehead atoms. The Balaban J connectivity index is 2.19. The van der Waals surface area contributed by atoms with Crippen LogP contribution in [0.2, 0.25) is 0 Å². The second-order valence-corrected chi connectivity index (χ2v) is 4.57.